The smallest absolute Gasteiger partial charge is 0.261 e. The lowest BCUT2D eigenvalue weighted by Gasteiger charge is -2.27. The molecule has 3 rings (SSSR count). The first-order chi connectivity index (χ1) is 14.1. The van der Waals surface area contributed by atoms with Gasteiger partial charge in [0.15, 0.2) is 0 Å². The molecule has 0 N–H and O–H groups in total. The van der Waals surface area contributed by atoms with Gasteiger partial charge in [-0.1, -0.05) is 24.3 Å². The first kappa shape index (κ1) is 21.0. The van der Waals surface area contributed by atoms with E-state index in [1.54, 1.807) is 31.3 Å². The monoisotopic (exact) mass is 398 g/mol. The van der Waals surface area contributed by atoms with Crippen LogP contribution in [0.4, 0.5) is 0 Å². The van der Waals surface area contributed by atoms with E-state index in [-0.39, 0.29) is 30.7 Å². The van der Waals surface area contributed by atoms with Gasteiger partial charge in [-0.15, -0.1) is 0 Å². The molecule has 3 amide bonds. The number of benzene rings is 2. The van der Waals surface area contributed by atoms with Gasteiger partial charge in [0.1, 0.15) is 0 Å². The molecular weight excluding hydrogens is 372 g/mol. The molecule has 29 heavy (non-hydrogen) atoms. The maximum Gasteiger partial charge on any atom is 0.261 e. The minimum atomic E-state index is -0.303. The molecule has 7 heteroatoms. The van der Waals surface area contributed by atoms with Gasteiger partial charge in [-0.25, -0.2) is 0 Å². The fraction of sp³-hybridized carbons (Fsp3) is 0.409. The van der Waals surface area contributed by atoms with Crippen LogP contribution < -0.4 is 0 Å². The summed E-state index contributed by atoms with van der Waals surface area (Å²) in [5.74, 6) is -0.650. The predicted octanol–water partition coefficient (Wildman–Crippen LogP) is 2.34. The topological polar surface area (TPSA) is 76.2 Å². The van der Waals surface area contributed by atoms with Crippen LogP contribution in [0.1, 0.15) is 33.6 Å². The largest absolute Gasteiger partial charge is 0.383 e. The number of imide groups is 1. The summed E-state index contributed by atoms with van der Waals surface area (Å²) in [6, 6.07) is 10.9. The van der Waals surface area contributed by atoms with Crippen LogP contribution in [-0.4, -0.2) is 74.6 Å². The second kappa shape index (κ2) is 9.62. The highest BCUT2D eigenvalue weighted by molar-refractivity contribution is 6.25. The Morgan fingerprint density at radius 2 is 1.48 bits per heavy atom. The first-order valence-electron chi connectivity index (χ1n) is 9.72. The Labute approximate surface area is 170 Å². The van der Waals surface area contributed by atoms with Gasteiger partial charge in [-0.2, -0.15) is 0 Å². The average molecular weight is 398 g/mol. The van der Waals surface area contributed by atoms with E-state index < -0.39 is 0 Å². The molecule has 0 saturated carbocycles. The van der Waals surface area contributed by atoms with Crippen molar-refractivity contribution >= 4 is 28.5 Å². The molecule has 1 aliphatic heterocycles. The van der Waals surface area contributed by atoms with Crippen molar-refractivity contribution in [1.29, 1.82) is 0 Å². The number of rotatable bonds is 10. The van der Waals surface area contributed by atoms with E-state index in [0.29, 0.717) is 49.2 Å². The van der Waals surface area contributed by atoms with Crippen LogP contribution in [-0.2, 0) is 14.3 Å². The van der Waals surface area contributed by atoms with E-state index in [4.69, 9.17) is 9.47 Å². The summed E-state index contributed by atoms with van der Waals surface area (Å²) in [7, 11) is 3.18. The lowest BCUT2D eigenvalue weighted by atomic mass is 9.94. The Hall–Kier alpha value is -2.77. The molecule has 0 spiro atoms. The van der Waals surface area contributed by atoms with E-state index in [1.165, 1.54) is 4.90 Å². The Balaban J connectivity index is 1.66. The number of nitrogens with zero attached hydrogens (tertiary/aromatic N) is 2. The van der Waals surface area contributed by atoms with Gasteiger partial charge < -0.3 is 14.4 Å². The SMILES string of the molecule is COCCN(CCOC)C(=O)CCCN1C(=O)c2cccc3cccc(c23)C1=O. The summed E-state index contributed by atoms with van der Waals surface area (Å²) in [6.45, 7) is 2.06. The quantitative estimate of drug-likeness (QED) is 0.574. The normalized spacial score (nSPS) is 13.2. The molecule has 0 fully saturated rings. The fourth-order valence-electron chi connectivity index (χ4n) is 3.59. The van der Waals surface area contributed by atoms with Crippen LogP contribution in [0.3, 0.4) is 0 Å². The van der Waals surface area contributed by atoms with Crippen LogP contribution >= 0.6 is 0 Å². The molecule has 0 aromatic heterocycles. The van der Waals surface area contributed by atoms with Gasteiger partial charge in [0.25, 0.3) is 11.8 Å². The van der Waals surface area contributed by atoms with Gasteiger partial charge in [-0.05, 0) is 23.9 Å². The van der Waals surface area contributed by atoms with Crippen LogP contribution in [0.5, 0.6) is 0 Å². The van der Waals surface area contributed by atoms with Crippen LogP contribution in [0, 0.1) is 0 Å². The van der Waals surface area contributed by atoms with Crippen LogP contribution in [0.15, 0.2) is 36.4 Å². The lowest BCUT2D eigenvalue weighted by Crippen LogP contribution is -2.41. The molecule has 0 aliphatic carbocycles. The highest BCUT2D eigenvalue weighted by Crippen LogP contribution is 2.30. The number of ether oxygens (including phenoxy) is 2. The number of hydrogen-bond acceptors (Lipinski definition) is 5. The van der Waals surface area contributed by atoms with Crippen molar-refractivity contribution in [3.05, 3.63) is 47.5 Å². The maximum atomic E-state index is 12.9. The summed E-state index contributed by atoms with van der Waals surface area (Å²) in [4.78, 5) is 41.2. The highest BCUT2D eigenvalue weighted by atomic mass is 16.5. The zero-order valence-electron chi connectivity index (χ0n) is 16.8. The van der Waals surface area contributed by atoms with Crippen molar-refractivity contribution in [2.75, 3.05) is 47.1 Å². The number of amides is 3. The third kappa shape index (κ3) is 4.46. The van der Waals surface area contributed by atoms with Crippen molar-refractivity contribution in [2.24, 2.45) is 0 Å². The van der Waals surface area contributed by atoms with Crippen molar-refractivity contribution < 1.29 is 23.9 Å². The van der Waals surface area contributed by atoms with E-state index in [2.05, 4.69) is 0 Å². The molecule has 1 heterocycles. The summed E-state index contributed by atoms with van der Waals surface area (Å²) in [6.07, 6.45) is 0.654. The van der Waals surface area contributed by atoms with Crippen molar-refractivity contribution in [1.82, 2.24) is 9.80 Å². The van der Waals surface area contributed by atoms with Crippen molar-refractivity contribution in [3.8, 4) is 0 Å². The minimum Gasteiger partial charge on any atom is -0.383 e. The molecule has 7 nitrogen and oxygen atoms in total. The van der Waals surface area contributed by atoms with E-state index in [1.807, 2.05) is 24.3 Å². The molecule has 1 aliphatic rings. The molecule has 0 saturated heterocycles. The number of carbonyl (C=O) groups excluding carboxylic acids is 3. The van der Waals surface area contributed by atoms with Crippen molar-refractivity contribution in [3.63, 3.8) is 0 Å². The maximum absolute atomic E-state index is 12.9. The molecular formula is C22H26N2O5. The number of hydrogen-bond donors (Lipinski definition) is 0. The van der Waals surface area contributed by atoms with Gasteiger partial charge >= 0.3 is 0 Å². The van der Waals surface area contributed by atoms with E-state index in [0.717, 1.165) is 5.39 Å². The van der Waals surface area contributed by atoms with E-state index in [9.17, 15) is 14.4 Å². The molecule has 0 bridgehead atoms. The minimum absolute atomic E-state index is 0.0430. The number of methoxy groups -OCH3 is 2. The summed E-state index contributed by atoms with van der Waals surface area (Å²) in [5, 5.41) is 1.59. The third-order valence-corrected chi connectivity index (χ3v) is 5.11. The van der Waals surface area contributed by atoms with Gasteiger partial charge in [0.2, 0.25) is 5.91 Å². The highest BCUT2D eigenvalue weighted by Gasteiger charge is 2.32. The summed E-state index contributed by atoms with van der Waals surface area (Å²) >= 11 is 0. The standard InChI is InChI=1S/C22H26N2O5/c1-28-14-12-23(13-15-29-2)19(25)10-5-11-24-21(26)17-8-3-6-16-7-4-9-18(20(16)17)22(24)27/h3-4,6-9H,5,10-15H2,1-2H3. The Bertz CT molecular complexity index is 852. The Kier molecular flexibility index (Phi) is 6.95. The van der Waals surface area contributed by atoms with Gasteiger partial charge in [0.05, 0.1) is 13.2 Å². The average Bonchev–Trinajstić information content (AvgIpc) is 2.74. The lowest BCUT2D eigenvalue weighted by molar-refractivity contribution is -0.132. The predicted molar refractivity (Wildman–Crippen MR) is 109 cm³/mol. The molecule has 154 valence electrons. The second-order valence-electron chi connectivity index (χ2n) is 6.94. The summed E-state index contributed by atoms with van der Waals surface area (Å²) < 4.78 is 10.1. The molecule has 0 radical (unpaired) electrons. The third-order valence-electron chi connectivity index (χ3n) is 5.11. The Morgan fingerprint density at radius 3 is 2.00 bits per heavy atom. The number of carbonyl (C=O) groups is 3. The van der Waals surface area contributed by atoms with Crippen LogP contribution in [0.25, 0.3) is 10.8 Å². The molecule has 0 unspecified atom stereocenters. The van der Waals surface area contributed by atoms with E-state index >= 15 is 0 Å². The zero-order valence-corrected chi connectivity index (χ0v) is 16.8. The van der Waals surface area contributed by atoms with Crippen LogP contribution in [0.2, 0.25) is 0 Å². The van der Waals surface area contributed by atoms with Gasteiger partial charge in [-0.3, -0.25) is 19.3 Å². The molecule has 2 aromatic rings. The fourth-order valence-corrected chi connectivity index (χ4v) is 3.59. The Morgan fingerprint density at radius 1 is 0.931 bits per heavy atom. The molecule has 0 atom stereocenters. The zero-order chi connectivity index (χ0) is 20.8. The first-order valence-corrected chi connectivity index (χ1v) is 9.72. The summed E-state index contributed by atoms with van der Waals surface area (Å²) in [5.41, 5.74) is 1.07. The van der Waals surface area contributed by atoms with Gasteiger partial charge in [0, 0.05) is 56.8 Å². The molecule has 2 aromatic carbocycles. The second-order valence-corrected chi connectivity index (χ2v) is 6.94. The van der Waals surface area contributed by atoms with Crippen molar-refractivity contribution in [2.45, 2.75) is 12.8 Å².